The minimum Gasteiger partial charge on any atom is -0.277 e. The Bertz CT molecular complexity index is 1000. The summed E-state index contributed by atoms with van der Waals surface area (Å²) >= 11 is 0. The minimum atomic E-state index is -1.93. The first kappa shape index (κ1) is 46.5. The summed E-state index contributed by atoms with van der Waals surface area (Å²) in [6.45, 7) is 74.4. The largest absolute Gasteiger partial charge is 0.277 e. The third kappa shape index (κ3) is 7.35. The second-order valence-corrected chi connectivity index (χ2v) is 69.5. The standard InChI is InChI=1S/C42H88Si6/c1-35(2,3)45(25,36(4,5)6)43(46(26,37(7,8)9)38(10,11)12)33-29-31-34(32-30-33)44(47(27,39(13,14)15)40(16,17)18)48(28,41(19,20)21)42(22,23)24/h29-32H,1-28H3/q-2. The Balaban J connectivity index is 4.66. The third-order valence-electron chi connectivity index (χ3n) is 15.5. The van der Waals surface area contributed by atoms with Crippen LogP contribution < -0.4 is 10.4 Å². The van der Waals surface area contributed by atoms with E-state index in [0.717, 1.165) is 0 Å². The van der Waals surface area contributed by atoms with Gasteiger partial charge in [-0.25, -0.2) is 10.4 Å². The lowest BCUT2D eigenvalue weighted by Gasteiger charge is -2.75. The van der Waals surface area contributed by atoms with Gasteiger partial charge in [-0.2, -0.15) is 0 Å². The van der Waals surface area contributed by atoms with E-state index in [1.54, 1.807) is 10.4 Å². The molecule has 0 fully saturated rings. The van der Waals surface area contributed by atoms with Gasteiger partial charge in [0.25, 0.3) is 0 Å². The van der Waals surface area contributed by atoms with Crippen molar-refractivity contribution in [3.8, 4) is 0 Å². The van der Waals surface area contributed by atoms with Crippen molar-refractivity contribution in [2.24, 2.45) is 0 Å². The molecule has 0 saturated heterocycles. The quantitative estimate of drug-likeness (QED) is 0.253. The Hall–Kier alpha value is 0.521. The fraction of sp³-hybridized carbons (Fsp3) is 0.857. The van der Waals surface area contributed by atoms with E-state index in [4.69, 9.17) is 0 Å². The van der Waals surface area contributed by atoms with Crippen molar-refractivity contribution in [2.45, 2.75) is 233 Å². The lowest BCUT2D eigenvalue weighted by atomic mass is 10.2. The topological polar surface area (TPSA) is 0 Å². The monoisotopic (exact) mass is 761 g/mol. The second kappa shape index (κ2) is 13.1. The molecule has 1 aromatic carbocycles. The highest BCUT2D eigenvalue weighted by molar-refractivity contribution is 7.67. The highest BCUT2D eigenvalue weighted by atomic mass is 29.6. The first-order chi connectivity index (χ1) is 20.5. The normalized spacial score (nSPS) is 15.9. The summed E-state index contributed by atoms with van der Waals surface area (Å²) in [5.41, 5.74) is 0. The van der Waals surface area contributed by atoms with Crippen LogP contribution >= 0.6 is 0 Å². The van der Waals surface area contributed by atoms with Gasteiger partial charge in [0.05, 0.1) is 0 Å². The van der Waals surface area contributed by atoms with E-state index in [1.807, 2.05) is 0 Å². The van der Waals surface area contributed by atoms with E-state index in [1.165, 1.54) is 0 Å². The van der Waals surface area contributed by atoms with Crippen molar-refractivity contribution in [3.63, 3.8) is 0 Å². The Morgan fingerprint density at radius 1 is 0.271 bits per heavy atom. The SMILES string of the molecule is CC(C)(C)[Si](C)([Si-](c1ccc([Si-]([Si](C)(C(C)(C)C)C(C)(C)C)[Si](C)(C(C)(C)C)C(C)(C)C)cc1)[Si](C)(C(C)(C)C)C(C)(C)C)C(C)(C)C. The molecule has 0 heterocycles. The van der Waals surface area contributed by atoms with Crippen LogP contribution in [0.4, 0.5) is 0 Å². The molecule has 0 unspecified atom stereocenters. The van der Waals surface area contributed by atoms with Gasteiger partial charge in [-0.3, -0.25) is 15.7 Å². The van der Waals surface area contributed by atoms with Crippen LogP contribution in [-0.2, 0) is 0 Å². The summed E-state index contributed by atoms with van der Waals surface area (Å²) in [6.07, 6.45) is 0. The van der Waals surface area contributed by atoms with Gasteiger partial charge >= 0.3 is 0 Å². The molecule has 0 saturated carbocycles. The molecular formula is C42H88Si6-2. The molecule has 0 radical (unpaired) electrons. The molecule has 0 spiro atoms. The van der Waals surface area contributed by atoms with E-state index < -0.39 is 46.0 Å². The molecule has 48 heavy (non-hydrogen) atoms. The van der Waals surface area contributed by atoms with Crippen LogP contribution in [-0.4, -0.2) is 46.0 Å². The van der Waals surface area contributed by atoms with Gasteiger partial charge in [-0.15, -0.1) is 0 Å². The third-order valence-corrected chi connectivity index (χ3v) is 96.7. The summed E-state index contributed by atoms with van der Waals surface area (Å²) in [5.74, 6) is 0. The van der Waals surface area contributed by atoms with Gasteiger partial charge in [-0.05, 0) is 0 Å². The molecule has 0 N–H and O–H groups in total. The highest BCUT2D eigenvalue weighted by Gasteiger charge is 2.57. The Kier molecular flexibility index (Phi) is 12.7. The Morgan fingerprint density at radius 3 is 0.458 bits per heavy atom. The van der Waals surface area contributed by atoms with Crippen molar-refractivity contribution in [2.75, 3.05) is 0 Å². The van der Waals surface area contributed by atoms with Crippen molar-refractivity contribution in [3.05, 3.63) is 24.3 Å². The fourth-order valence-corrected chi connectivity index (χ4v) is 109. The molecule has 0 amide bonds. The predicted octanol–water partition coefficient (Wildman–Crippen LogP) is 14.1. The molecule has 0 aliphatic heterocycles. The molecule has 0 aromatic heterocycles. The zero-order valence-electron chi connectivity index (χ0n) is 38.3. The van der Waals surface area contributed by atoms with Gasteiger partial charge in [0, 0.05) is 0 Å². The van der Waals surface area contributed by atoms with E-state index in [9.17, 15) is 0 Å². The Labute approximate surface area is 311 Å². The lowest BCUT2D eigenvalue weighted by molar-refractivity contribution is 0.625. The zero-order chi connectivity index (χ0) is 39.1. The molecular weight excluding hydrogens is 673 g/mol. The second-order valence-electron chi connectivity index (χ2n) is 24.8. The van der Waals surface area contributed by atoms with Gasteiger partial charge < -0.3 is 0 Å². The van der Waals surface area contributed by atoms with E-state index in [2.05, 4.69) is 217 Å². The summed E-state index contributed by atoms with van der Waals surface area (Å²) < 4.78 is 0. The van der Waals surface area contributed by atoms with Crippen molar-refractivity contribution in [1.82, 2.24) is 0 Å². The summed E-state index contributed by atoms with van der Waals surface area (Å²) in [7, 11) is -9.58. The van der Waals surface area contributed by atoms with Crippen LogP contribution in [0, 0.1) is 0 Å². The molecule has 282 valence electrons. The van der Waals surface area contributed by atoms with E-state index in [0.29, 0.717) is 40.3 Å². The number of rotatable bonds is 6. The fourth-order valence-electron chi connectivity index (χ4n) is 10.5. The van der Waals surface area contributed by atoms with Gasteiger partial charge in [0.2, 0.25) is 0 Å². The van der Waals surface area contributed by atoms with E-state index in [-0.39, 0.29) is 0 Å². The first-order valence-corrected chi connectivity index (χ1v) is 36.3. The van der Waals surface area contributed by atoms with Gasteiger partial charge in [0.1, 0.15) is 0 Å². The smallest absolute Gasteiger partial charge is 0.0651 e. The number of hydrogen-bond donors (Lipinski definition) is 0. The van der Waals surface area contributed by atoms with Crippen LogP contribution in [0.5, 0.6) is 0 Å². The van der Waals surface area contributed by atoms with Crippen molar-refractivity contribution in [1.29, 1.82) is 0 Å². The number of hydrogen-bond acceptors (Lipinski definition) is 0. The van der Waals surface area contributed by atoms with Crippen LogP contribution in [0.25, 0.3) is 0 Å². The molecule has 0 aliphatic rings. The van der Waals surface area contributed by atoms with Crippen LogP contribution in [0.3, 0.4) is 0 Å². The first-order valence-electron chi connectivity index (χ1n) is 19.3. The minimum absolute atomic E-state index is 0.311. The average molecular weight is 762 g/mol. The maximum atomic E-state index is 2.86. The van der Waals surface area contributed by atoms with Gasteiger partial charge in [0.15, 0.2) is 0 Å². The maximum Gasteiger partial charge on any atom is -0.0651 e. The predicted molar refractivity (Wildman–Crippen MR) is 241 cm³/mol. The average Bonchev–Trinajstić information content (AvgIpc) is 2.79. The summed E-state index contributed by atoms with van der Waals surface area (Å²) in [4.78, 5) is 0. The van der Waals surface area contributed by atoms with E-state index >= 15 is 0 Å². The zero-order valence-corrected chi connectivity index (χ0v) is 44.3. The highest BCUT2D eigenvalue weighted by Crippen LogP contribution is 2.62. The van der Waals surface area contributed by atoms with Crippen molar-refractivity contribution < 1.29 is 0 Å². The molecule has 0 bridgehead atoms. The lowest BCUT2D eigenvalue weighted by Crippen LogP contribution is -2.81. The summed E-state index contributed by atoms with van der Waals surface area (Å²) in [5, 5.41) is 6.03. The van der Waals surface area contributed by atoms with Crippen molar-refractivity contribution >= 4 is 56.4 Å². The Morgan fingerprint density at radius 2 is 0.375 bits per heavy atom. The summed E-state index contributed by atoms with van der Waals surface area (Å²) in [6, 6.07) is 11.1. The molecule has 0 atom stereocenters. The maximum absolute atomic E-state index is 2.86. The molecule has 1 rings (SSSR count). The van der Waals surface area contributed by atoms with Crippen LogP contribution in [0.15, 0.2) is 24.3 Å². The number of benzene rings is 1. The molecule has 0 nitrogen and oxygen atoms in total. The van der Waals surface area contributed by atoms with Crippen LogP contribution in [0.2, 0.25) is 66.5 Å². The molecule has 0 aliphatic carbocycles. The molecule has 6 heteroatoms. The van der Waals surface area contributed by atoms with Gasteiger partial charge in [-0.1, -0.05) is 287 Å². The molecule has 1 aromatic rings. The van der Waals surface area contributed by atoms with Crippen LogP contribution in [0.1, 0.15) is 166 Å².